The molecule has 1 aromatic carbocycles. The average molecular weight is 276 g/mol. The summed E-state index contributed by atoms with van der Waals surface area (Å²) in [4.78, 5) is 0. The van der Waals surface area contributed by atoms with Crippen molar-refractivity contribution in [3.8, 4) is 0 Å². The molecule has 0 saturated carbocycles. The monoisotopic (exact) mass is 276 g/mol. The van der Waals surface area contributed by atoms with Gasteiger partial charge in [0.15, 0.2) is 0 Å². The highest BCUT2D eigenvalue weighted by Crippen LogP contribution is 2.16. The Morgan fingerprint density at radius 2 is 1.65 bits per heavy atom. The number of hydrogen-bond donors (Lipinski definition) is 1. The molecule has 0 bridgehead atoms. The molecule has 1 aromatic rings. The summed E-state index contributed by atoms with van der Waals surface area (Å²) in [6, 6.07) is 8.61. The summed E-state index contributed by atoms with van der Waals surface area (Å²) in [6.07, 6.45) is 5.21. The second-order valence-corrected chi connectivity index (χ2v) is 6.48. The highest BCUT2D eigenvalue weighted by atomic mass is 16.3. The largest absolute Gasteiger partial charge is 0.396 e. The lowest BCUT2D eigenvalue weighted by molar-refractivity contribution is 0.239. The van der Waals surface area contributed by atoms with E-state index in [-0.39, 0.29) is 6.61 Å². The minimum atomic E-state index is 0.260. The summed E-state index contributed by atoms with van der Waals surface area (Å²) in [5.41, 5.74) is 2.62. The van der Waals surface area contributed by atoms with Crippen LogP contribution in [0.1, 0.15) is 65.0 Å². The number of rotatable bonds is 5. The average Bonchev–Trinajstić information content (AvgIpc) is 2.38. The maximum Gasteiger partial charge on any atom is 0.0459 e. The first kappa shape index (κ1) is 18.9. The third-order valence-corrected chi connectivity index (χ3v) is 2.74. The molecule has 0 fully saturated rings. The van der Waals surface area contributed by atoms with Gasteiger partial charge in [-0.05, 0) is 35.3 Å². The van der Waals surface area contributed by atoms with E-state index < -0.39 is 0 Å². The van der Waals surface area contributed by atoms with Crippen LogP contribution in [-0.4, -0.2) is 11.7 Å². The maximum atomic E-state index is 8.91. The zero-order valence-corrected chi connectivity index (χ0v) is 14.1. The number of allylic oxidation sites excluding steroid dienone is 1. The minimum Gasteiger partial charge on any atom is -0.396 e. The molecule has 1 atom stereocenters. The normalized spacial score (nSPS) is 12.7. The third-order valence-electron chi connectivity index (χ3n) is 2.74. The molecule has 0 unspecified atom stereocenters. The molecular weight excluding hydrogens is 244 g/mol. The van der Waals surface area contributed by atoms with Crippen molar-refractivity contribution in [3.05, 3.63) is 41.5 Å². The van der Waals surface area contributed by atoms with Gasteiger partial charge in [-0.15, -0.1) is 0 Å². The van der Waals surface area contributed by atoms with Gasteiger partial charge in [0.1, 0.15) is 0 Å². The Balaban J connectivity index is 0.000000796. The van der Waals surface area contributed by atoms with Gasteiger partial charge in [0, 0.05) is 6.61 Å². The standard InChI is InChI=1S/C15H22O.C4H10/c1-12(2)15-9-5-8-14(10-15)7-4-6-13(3)11-16;1-4(2)3/h4-5,7-10,12-13,16H,6,11H2,1-3H3;4H,1-3H3/b7-4+;/t13-;/m0./s1. The van der Waals surface area contributed by atoms with Crippen LogP contribution in [0.5, 0.6) is 0 Å². The van der Waals surface area contributed by atoms with Crippen molar-refractivity contribution < 1.29 is 5.11 Å². The Bertz CT molecular complexity index is 374. The lowest BCUT2D eigenvalue weighted by atomic mass is 10.0. The van der Waals surface area contributed by atoms with E-state index in [9.17, 15) is 0 Å². The van der Waals surface area contributed by atoms with E-state index in [0.29, 0.717) is 11.8 Å². The van der Waals surface area contributed by atoms with Gasteiger partial charge >= 0.3 is 0 Å². The van der Waals surface area contributed by atoms with Gasteiger partial charge < -0.3 is 5.11 Å². The van der Waals surface area contributed by atoms with Crippen LogP contribution in [0.25, 0.3) is 6.08 Å². The van der Waals surface area contributed by atoms with Gasteiger partial charge in [-0.25, -0.2) is 0 Å². The fourth-order valence-electron chi connectivity index (χ4n) is 1.53. The lowest BCUT2D eigenvalue weighted by Crippen LogP contribution is -1.97. The van der Waals surface area contributed by atoms with Gasteiger partial charge in [0.05, 0.1) is 0 Å². The smallest absolute Gasteiger partial charge is 0.0459 e. The predicted octanol–water partition coefficient (Wildman–Crippen LogP) is 5.50. The Labute approximate surface area is 125 Å². The summed E-state index contributed by atoms with van der Waals surface area (Å²) in [7, 11) is 0. The van der Waals surface area contributed by atoms with Crippen molar-refractivity contribution in [1.29, 1.82) is 0 Å². The fraction of sp³-hybridized carbons (Fsp3) is 0.579. The summed E-state index contributed by atoms with van der Waals surface area (Å²) in [5.74, 6) is 1.76. The van der Waals surface area contributed by atoms with E-state index in [1.165, 1.54) is 11.1 Å². The van der Waals surface area contributed by atoms with Crippen LogP contribution >= 0.6 is 0 Å². The second kappa shape index (κ2) is 10.7. The Morgan fingerprint density at radius 3 is 2.15 bits per heavy atom. The van der Waals surface area contributed by atoms with Crippen LogP contribution in [0.15, 0.2) is 30.3 Å². The number of aliphatic hydroxyl groups excluding tert-OH is 1. The molecule has 0 amide bonds. The third kappa shape index (κ3) is 9.80. The van der Waals surface area contributed by atoms with Crippen molar-refractivity contribution in [3.63, 3.8) is 0 Å². The van der Waals surface area contributed by atoms with Crippen molar-refractivity contribution in [1.82, 2.24) is 0 Å². The van der Waals surface area contributed by atoms with Crippen LogP contribution in [0.3, 0.4) is 0 Å². The van der Waals surface area contributed by atoms with Crippen LogP contribution in [0.2, 0.25) is 0 Å². The van der Waals surface area contributed by atoms with E-state index in [2.05, 4.69) is 78.0 Å². The second-order valence-electron chi connectivity index (χ2n) is 6.48. The molecule has 0 aliphatic rings. The zero-order valence-electron chi connectivity index (χ0n) is 14.1. The van der Waals surface area contributed by atoms with Crippen molar-refractivity contribution >= 4 is 6.08 Å². The summed E-state index contributed by atoms with van der Waals surface area (Å²) >= 11 is 0. The Hall–Kier alpha value is -1.08. The van der Waals surface area contributed by atoms with Crippen LogP contribution < -0.4 is 0 Å². The first-order valence-electron chi connectivity index (χ1n) is 7.74. The van der Waals surface area contributed by atoms with Crippen molar-refractivity contribution in [2.24, 2.45) is 11.8 Å². The molecule has 0 heterocycles. The van der Waals surface area contributed by atoms with Crippen LogP contribution in [-0.2, 0) is 0 Å². The first-order valence-corrected chi connectivity index (χ1v) is 7.74. The molecular formula is C19H32O. The van der Waals surface area contributed by atoms with Gasteiger partial charge in [0.25, 0.3) is 0 Å². The van der Waals surface area contributed by atoms with Crippen molar-refractivity contribution in [2.45, 2.75) is 53.9 Å². The van der Waals surface area contributed by atoms with Gasteiger partial charge in [-0.2, -0.15) is 0 Å². The number of benzene rings is 1. The SMILES string of the molecule is CC(C)C.CC(C)c1cccc(/C=C/C[C@H](C)CO)c1. The predicted molar refractivity (Wildman–Crippen MR) is 90.9 cm³/mol. The number of aliphatic hydroxyl groups is 1. The van der Waals surface area contributed by atoms with Crippen molar-refractivity contribution in [2.75, 3.05) is 6.61 Å². The highest BCUT2D eigenvalue weighted by Gasteiger charge is 1.99. The molecule has 1 rings (SSSR count). The molecule has 20 heavy (non-hydrogen) atoms. The maximum absolute atomic E-state index is 8.91. The fourth-order valence-corrected chi connectivity index (χ4v) is 1.53. The molecule has 1 N–H and O–H groups in total. The quantitative estimate of drug-likeness (QED) is 0.752. The molecule has 0 aliphatic carbocycles. The van der Waals surface area contributed by atoms with E-state index in [0.717, 1.165) is 12.3 Å². The molecule has 0 saturated heterocycles. The molecule has 0 radical (unpaired) electrons. The van der Waals surface area contributed by atoms with E-state index >= 15 is 0 Å². The first-order chi connectivity index (χ1) is 9.36. The van der Waals surface area contributed by atoms with Crippen LogP contribution in [0, 0.1) is 11.8 Å². The summed E-state index contributed by atoms with van der Waals surface area (Å²) in [5, 5.41) is 8.91. The molecule has 0 aromatic heterocycles. The Kier molecular flexibility index (Phi) is 10.1. The van der Waals surface area contributed by atoms with E-state index in [4.69, 9.17) is 5.11 Å². The Morgan fingerprint density at radius 1 is 1.05 bits per heavy atom. The highest BCUT2D eigenvalue weighted by molar-refractivity contribution is 5.50. The molecule has 0 spiro atoms. The zero-order chi connectivity index (χ0) is 15.5. The van der Waals surface area contributed by atoms with Gasteiger partial charge in [-0.1, -0.05) is 78.0 Å². The summed E-state index contributed by atoms with van der Waals surface area (Å²) in [6.45, 7) is 13.2. The number of hydrogen-bond acceptors (Lipinski definition) is 1. The molecule has 114 valence electrons. The summed E-state index contributed by atoms with van der Waals surface area (Å²) < 4.78 is 0. The van der Waals surface area contributed by atoms with Crippen LogP contribution in [0.4, 0.5) is 0 Å². The van der Waals surface area contributed by atoms with E-state index in [1.807, 2.05) is 0 Å². The topological polar surface area (TPSA) is 20.2 Å². The molecule has 1 nitrogen and oxygen atoms in total. The van der Waals surface area contributed by atoms with Gasteiger partial charge in [0.2, 0.25) is 0 Å². The molecule has 1 heteroatoms. The minimum absolute atomic E-state index is 0.260. The molecule has 0 aliphatic heterocycles. The van der Waals surface area contributed by atoms with Gasteiger partial charge in [-0.3, -0.25) is 0 Å². The lowest BCUT2D eigenvalue weighted by Gasteiger charge is -2.06. The van der Waals surface area contributed by atoms with E-state index in [1.54, 1.807) is 0 Å².